The molecule has 0 amide bonds. The second-order valence-corrected chi connectivity index (χ2v) is 2.21. The van der Waals surface area contributed by atoms with Crippen molar-refractivity contribution in [1.82, 2.24) is 10.2 Å². The number of nitrogens with one attached hydrogen (secondary N) is 1. The van der Waals surface area contributed by atoms with Crippen molar-refractivity contribution in [2.24, 2.45) is 0 Å². The quantitative estimate of drug-likeness (QED) is 0.479. The van der Waals surface area contributed by atoms with E-state index in [2.05, 4.69) is 17.3 Å². The molecule has 0 aromatic rings. The number of hydrogen-bond acceptors (Lipinski definition) is 2. The molecule has 0 atom stereocenters. The van der Waals surface area contributed by atoms with Crippen LogP contribution in [-0.4, -0.2) is 38.1 Å². The van der Waals surface area contributed by atoms with Crippen LogP contribution in [0.4, 0.5) is 0 Å². The van der Waals surface area contributed by atoms with Crippen molar-refractivity contribution in [1.29, 1.82) is 0 Å². The first-order chi connectivity index (χ1) is 3.33. The number of likely N-dealkylation sites (N-methyl/N-ethyl adjacent to an activating group) is 2. The predicted molar refractivity (Wildman–Crippen MR) is 30.3 cm³/mol. The smallest absolute Gasteiger partial charge is 0.0319 e. The molecule has 2 heteroatoms. The Balaban J connectivity index is 2.06. The van der Waals surface area contributed by atoms with Crippen LogP contribution < -0.4 is 5.32 Å². The third-order valence-corrected chi connectivity index (χ3v) is 1.47. The monoisotopic (exact) mass is 100 g/mol. The minimum Gasteiger partial charge on any atom is -0.315 e. The Bertz CT molecular complexity index is 57.1. The second-order valence-electron chi connectivity index (χ2n) is 2.21. The van der Waals surface area contributed by atoms with Crippen molar-refractivity contribution in [3.8, 4) is 0 Å². The summed E-state index contributed by atoms with van der Waals surface area (Å²) in [5.41, 5.74) is 0. The Morgan fingerprint density at radius 2 is 2.14 bits per heavy atom. The highest BCUT2D eigenvalue weighted by Crippen LogP contribution is 2.00. The number of hydrogen-bond donors (Lipinski definition) is 1. The second kappa shape index (κ2) is 1.80. The summed E-state index contributed by atoms with van der Waals surface area (Å²) in [6.07, 6.45) is 0. The molecule has 42 valence electrons. The molecule has 0 aliphatic carbocycles. The zero-order chi connectivity index (χ0) is 5.28. The number of likely N-dealkylation sites (tertiary alicyclic amines) is 1. The lowest BCUT2D eigenvalue weighted by atomic mass is 10.1. The van der Waals surface area contributed by atoms with Crippen LogP contribution in [0.25, 0.3) is 0 Å². The maximum atomic E-state index is 3.19. The van der Waals surface area contributed by atoms with E-state index in [1.807, 2.05) is 7.05 Å². The van der Waals surface area contributed by atoms with Crippen LogP contribution in [0.5, 0.6) is 0 Å². The van der Waals surface area contributed by atoms with Gasteiger partial charge in [-0.15, -0.1) is 0 Å². The molecule has 0 unspecified atom stereocenters. The van der Waals surface area contributed by atoms with Gasteiger partial charge in [-0.3, -0.25) is 0 Å². The summed E-state index contributed by atoms with van der Waals surface area (Å²) in [5, 5.41) is 3.19. The lowest BCUT2D eigenvalue weighted by Crippen LogP contribution is -2.54. The van der Waals surface area contributed by atoms with Crippen LogP contribution in [0.2, 0.25) is 0 Å². The average Bonchev–Trinajstić information content (AvgIpc) is 1.58. The molecule has 0 aromatic heterocycles. The van der Waals surface area contributed by atoms with Gasteiger partial charge in [-0.05, 0) is 14.1 Å². The van der Waals surface area contributed by atoms with Crippen molar-refractivity contribution in [3.05, 3.63) is 0 Å². The normalized spacial score (nSPS) is 24.9. The highest BCUT2D eigenvalue weighted by molar-refractivity contribution is 4.81. The first-order valence-electron chi connectivity index (χ1n) is 2.68. The van der Waals surface area contributed by atoms with Gasteiger partial charge in [0.1, 0.15) is 0 Å². The molecule has 0 aromatic carbocycles. The van der Waals surface area contributed by atoms with E-state index in [-0.39, 0.29) is 0 Å². The highest BCUT2D eigenvalue weighted by atomic mass is 15.2. The van der Waals surface area contributed by atoms with E-state index in [4.69, 9.17) is 0 Å². The summed E-state index contributed by atoms with van der Waals surface area (Å²) in [4.78, 5) is 2.29. The molecule has 2 nitrogen and oxygen atoms in total. The molecule has 1 saturated heterocycles. The van der Waals surface area contributed by atoms with Gasteiger partial charge in [-0.1, -0.05) is 0 Å². The van der Waals surface area contributed by atoms with E-state index in [0.717, 1.165) is 6.04 Å². The molecule has 1 rings (SSSR count). The average molecular weight is 100 g/mol. The van der Waals surface area contributed by atoms with Gasteiger partial charge in [0.2, 0.25) is 0 Å². The molecule has 0 radical (unpaired) electrons. The molecule has 1 fully saturated rings. The van der Waals surface area contributed by atoms with Gasteiger partial charge in [0.25, 0.3) is 0 Å². The lowest BCUT2D eigenvalue weighted by Gasteiger charge is -2.35. The van der Waals surface area contributed by atoms with Crippen LogP contribution in [0.3, 0.4) is 0 Å². The maximum absolute atomic E-state index is 3.19. The van der Waals surface area contributed by atoms with Crippen molar-refractivity contribution < 1.29 is 0 Å². The molecule has 0 bridgehead atoms. The van der Waals surface area contributed by atoms with Crippen LogP contribution in [0, 0.1) is 0 Å². The molecular weight excluding hydrogens is 88.1 g/mol. The van der Waals surface area contributed by atoms with Crippen LogP contribution in [0.15, 0.2) is 0 Å². The molecule has 7 heavy (non-hydrogen) atoms. The summed E-state index contributed by atoms with van der Waals surface area (Å²) < 4.78 is 0. The molecule has 0 spiro atoms. The van der Waals surface area contributed by atoms with E-state index in [1.54, 1.807) is 0 Å². The van der Waals surface area contributed by atoms with E-state index in [0.29, 0.717) is 0 Å². The topological polar surface area (TPSA) is 15.3 Å². The Morgan fingerprint density at radius 1 is 1.57 bits per heavy atom. The van der Waals surface area contributed by atoms with Crippen molar-refractivity contribution in [2.45, 2.75) is 6.04 Å². The molecular formula is C5H12N2. The maximum Gasteiger partial charge on any atom is 0.0319 e. The first kappa shape index (κ1) is 5.06. The number of nitrogens with zero attached hydrogens (tertiary/aromatic N) is 1. The summed E-state index contributed by atoms with van der Waals surface area (Å²) in [6, 6.07) is 0.769. The zero-order valence-electron chi connectivity index (χ0n) is 4.94. The molecule has 1 heterocycles. The van der Waals surface area contributed by atoms with Crippen molar-refractivity contribution >= 4 is 0 Å². The fourth-order valence-corrected chi connectivity index (χ4v) is 0.882. The first-order valence-corrected chi connectivity index (χ1v) is 2.68. The van der Waals surface area contributed by atoms with Crippen LogP contribution in [0.1, 0.15) is 0 Å². The van der Waals surface area contributed by atoms with Gasteiger partial charge in [-0.25, -0.2) is 0 Å². The SMILES string of the molecule is CNC1CN(C)C1. The minimum atomic E-state index is 0.769. The summed E-state index contributed by atoms with van der Waals surface area (Å²) in [7, 11) is 4.14. The van der Waals surface area contributed by atoms with E-state index in [9.17, 15) is 0 Å². The standard InChI is InChI=1S/C5H12N2/c1-6-5-3-7(2)4-5/h5-6H,3-4H2,1-2H3. The fraction of sp³-hybridized carbons (Fsp3) is 1.00. The molecule has 1 aliphatic rings. The third kappa shape index (κ3) is 0.924. The van der Waals surface area contributed by atoms with Gasteiger partial charge >= 0.3 is 0 Å². The number of rotatable bonds is 1. The zero-order valence-corrected chi connectivity index (χ0v) is 4.94. The highest BCUT2D eigenvalue weighted by Gasteiger charge is 2.19. The van der Waals surface area contributed by atoms with Gasteiger partial charge in [0.15, 0.2) is 0 Å². The Kier molecular flexibility index (Phi) is 1.30. The predicted octanol–water partition coefficient (Wildman–Crippen LogP) is -0.480. The van der Waals surface area contributed by atoms with Crippen LogP contribution >= 0.6 is 0 Å². The molecule has 1 N–H and O–H groups in total. The van der Waals surface area contributed by atoms with Gasteiger partial charge < -0.3 is 10.2 Å². The van der Waals surface area contributed by atoms with E-state index >= 15 is 0 Å². The largest absolute Gasteiger partial charge is 0.315 e. The Hall–Kier alpha value is -0.0800. The van der Waals surface area contributed by atoms with Gasteiger partial charge in [-0.2, -0.15) is 0 Å². The molecule has 0 saturated carbocycles. The Morgan fingerprint density at radius 3 is 2.29 bits per heavy atom. The van der Waals surface area contributed by atoms with Crippen LogP contribution in [-0.2, 0) is 0 Å². The van der Waals surface area contributed by atoms with Gasteiger partial charge in [0, 0.05) is 19.1 Å². The van der Waals surface area contributed by atoms with Crippen molar-refractivity contribution in [2.75, 3.05) is 27.2 Å². The summed E-state index contributed by atoms with van der Waals surface area (Å²) in [5.74, 6) is 0. The molecule has 1 aliphatic heterocycles. The van der Waals surface area contributed by atoms with E-state index < -0.39 is 0 Å². The third-order valence-electron chi connectivity index (χ3n) is 1.47. The van der Waals surface area contributed by atoms with Crippen molar-refractivity contribution in [3.63, 3.8) is 0 Å². The summed E-state index contributed by atoms with van der Waals surface area (Å²) >= 11 is 0. The fourth-order valence-electron chi connectivity index (χ4n) is 0.882. The Labute approximate surface area is 44.5 Å². The van der Waals surface area contributed by atoms with E-state index in [1.165, 1.54) is 13.1 Å². The lowest BCUT2D eigenvalue weighted by molar-refractivity contribution is 0.169. The van der Waals surface area contributed by atoms with Gasteiger partial charge in [0.05, 0.1) is 0 Å². The minimum absolute atomic E-state index is 0.769. The summed E-state index contributed by atoms with van der Waals surface area (Å²) in [6.45, 7) is 2.44.